The minimum Gasteiger partial charge on any atom is -0.298 e. The Morgan fingerprint density at radius 1 is 1.27 bits per heavy atom. The molecule has 0 spiro atoms. The third-order valence-electron chi connectivity index (χ3n) is 0.961. The van der Waals surface area contributed by atoms with Crippen molar-refractivity contribution in [2.24, 2.45) is 0 Å². The summed E-state index contributed by atoms with van der Waals surface area (Å²) >= 11 is 1.27. The van der Waals surface area contributed by atoms with E-state index in [0.717, 1.165) is 0 Å². The summed E-state index contributed by atoms with van der Waals surface area (Å²) in [4.78, 5) is 20.7. The number of aldehydes is 2. The predicted octanol–water partition coefficient (Wildman–Crippen LogP) is 2.18. The second kappa shape index (κ2) is 5.56. The molecule has 1 aromatic rings. The lowest BCUT2D eigenvalue weighted by Crippen LogP contribution is -1.79. The molecular weight excluding hydrogens is 160 g/mol. The fourth-order valence-electron chi connectivity index (χ4n) is 0.524. The number of carbonyl (C=O) groups excluding carboxylic acids is 2. The van der Waals surface area contributed by atoms with E-state index in [4.69, 9.17) is 0 Å². The van der Waals surface area contributed by atoms with Gasteiger partial charge < -0.3 is 0 Å². The van der Waals surface area contributed by atoms with Gasteiger partial charge in [-0.3, -0.25) is 9.59 Å². The molecule has 0 saturated carbocycles. The zero-order chi connectivity index (χ0) is 8.69. The molecule has 0 radical (unpaired) electrons. The molecule has 1 rings (SSSR count). The van der Waals surface area contributed by atoms with E-state index in [1.165, 1.54) is 11.3 Å². The summed E-state index contributed by atoms with van der Waals surface area (Å²) in [5.74, 6) is 0. The number of carbonyl (C=O) groups is 2. The molecule has 2 nitrogen and oxygen atoms in total. The molecule has 0 fully saturated rings. The first-order valence-electron chi connectivity index (χ1n) is 2.86. The molecule has 0 bridgehead atoms. The fourth-order valence-corrected chi connectivity index (χ4v) is 1.19. The normalized spacial score (nSPS) is 7.64. The molecular formula is C8H8O2S. The zero-order valence-electron chi connectivity index (χ0n) is 5.95. The van der Waals surface area contributed by atoms with Gasteiger partial charge in [0, 0.05) is 5.56 Å². The smallest absolute Gasteiger partial charge is 0.160 e. The van der Waals surface area contributed by atoms with Crippen molar-refractivity contribution in [3.63, 3.8) is 0 Å². The molecule has 0 aromatic carbocycles. The van der Waals surface area contributed by atoms with Gasteiger partial charge in [0.25, 0.3) is 0 Å². The van der Waals surface area contributed by atoms with Gasteiger partial charge in [-0.05, 0) is 11.4 Å². The first kappa shape index (κ1) is 9.78. The van der Waals surface area contributed by atoms with Crippen molar-refractivity contribution in [3.8, 4) is 0 Å². The highest BCUT2D eigenvalue weighted by atomic mass is 32.1. The molecule has 0 N–H and O–H groups in total. The van der Waals surface area contributed by atoms with Gasteiger partial charge in [0.1, 0.15) is 0 Å². The van der Waals surface area contributed by atoms with Crippen molar-refractivity contribution in [2.75, 3.05) is 0 Å². The van der Waals surface area contributed by atoms with Crippen LogP contribution in [0.2, 0.25) is 0 Å². The molecule has 0 aliphatic heterocycles. The molecule has 11 heavy (non-hydrogen) atoms. The maximum atomic E-state index is 10.1. The minimum absolute atomic E-state index is 0.481. The van der Waals surface area contributed by atoms with E-state index in [0.29, 0.717) is 23.0 Å². The van der Waals surface area contributed by atoms with Crippen molar-refractivity contribution in [1.29, 1.82) is 0 Å². The van der Waals surface area contributed by atoms with Crippen LogP contribution in [0.3, 0.4) is 0 Å². The maximum absolute atomic E-state index is 10.1. The number of hydrogen-bond donors (Lipinski definition) is 0. The summed E-state index contributed by atoms with van der Waals surface area (Å²) in [5.41, 5.74) is 0.481. The van der Waals surface area contributed by atoms with Crippen molar-refractivity contribution in [3.05, 3.63) is 35.0 Å². The summed E-state index contributed by atoms with van der Waals surface area (Å²) in [7, 11) is 0. The summed E-state index contributed by atoms with van der Waals surface area (Å²) in [6.45, 7) is 6.00. The van der Waals surface area contributed by atoms with E-state index in [9.17, 15) is 9.59 Å². The van der Waals surface area contributed by atoms with E-state index in [1.807, 2.05) is 0 Å². The van der Waals surface area contributed by atoms with Gasteiger partial charge >= 0.3 is 0 Å². The van der Waals surface area contributed by atoms with Crippen LogP contribution in [0, 0.1) is 0 Å². The molecule has 0 saturated heterocycles. The monoisotopic (exact) mass is 168 g/mol. The van der Waals surface area contributed by atoms with Crippen LogP contribution in [-0.2, 0) is 0 Å². The molecule has 3 heteroatoms. The Kier molecular flexibility index (Phi) is 4.94. The first-order chi connectivity index (χ1) is 5.38. The van der Waals surface area contributed by atoms with Crippen molar-refractivity contribution in [2.45, 2.75) is 0 Å². The average Bonchev–Trinajstić information content (AvgIpc) is 2.54. The van der Waals surface area contributed by atoms with E-state index < -0.39 is 0 Å². The summed E-state index contributed by atoms with van der Waals surface area (Å²) in [6.07, 6.45) is 1.37. The predicted molar refractivity (Wildman–Crippen MR) is 46.3 cm³/mol. The maximum Gasteiger partial charge on any atom is 0.160 e. The van der Waals surface area contributed by atoms with Crippen LogP contribution >= 0.6 is 11.3 Å². The van der Waals surface area contributed by atoms with Crippen molar-refractivity contribution < 1.29 is 9.59 Å². The lowest BCUT2D eigenvalue weighted by Gasteiger charge is -1.78. The first-order valence-corrected chi connectivity index (χ1v) is 3.74. The highest BCUT2D eigenvalue weighted by molar-refractivity contribution is 7.12. The third-order valence-corrected chi connectivity index (χ3v) is 1.82. The van der Waals surface area contributed by atoms with Gasteiger partial charge in [-0.15, -0.1) is 24.5 Å². The Balaban J connectivity index is 0.000000461. The molecule has 1 aromatic heterocycles. The Morgan fingerprint density at radius 2 is 1.91 bits per heavy atom. The largest absolute Gasteiger partial charge is 0.298 e. The number of rotatable bonds is 2. The number of hydrogen-bond acceptors (Lipinski definition) is 3. The van der Waals surface area contributed by atoms with Gasteiger partial charge in [0.05, 0.1) is 4.88 Å². The van der Waals surface area contributed by atoms with E-state index in [1.54, 1.807) is 11.4 Å². The van der Waals surface area contributed by atoms with Crippen LogP contribution in [-0.4, -0.2) is 12.6 Å². The molecule has 0 aliphatic rings. The Labute approximate surface area is 69.2 Å². The Bertz CT molecular complexity index is 217. The standard InChI is InChI=1S/C6H4O2S.C2H4/c7-3-5-1-2-9-6(5)4-8;1-2/h1-4H;1-2H2. The zero-order valence-corrected chi connectivity index (χ0v) is 6.76. The molecule has 0 amide bonds. The van der Waals surface area contributed by atoms with Crippen LogP contribution in [0.5, 0.6) is 0 Å². The van der Waals surface area contributed by atoms with Crippen molar-refractivity contribution in [1.82, 2.24) is 0 Å². The molecule has 0 aliphatic carbocycles. The molecule has 1 heterocycles. The van der Waals surface area contributed by atoms with Crippen LogP contribution in [0.25, 0.3) is 0 Å². The SMILES string of the molecule is C=C.O=Cc1ccsc1C=O. The molecule has 0 atom stereocenters. The molecule has 58 valence electrons. The van der Waals surface area contributed by atoms with Gasteiger partial charge in [-0.1, -0.05) is 0 Å². The summed E-state index contributed by atoms with van der Waals surface area (Å²) in [6, 6.07) is 1.63. The average molecular weight is 168 g/mol. The summed E-state index contributed by atoms with van der Waals surface area (Å²) < 4.78 is 0. The van der Waals surface area contributed by atoms with Crippen LogP contribution in [0.4, 0.5) is 0 Å². The topological polar surface area (TPSA) is 34.1 Å². The Morgan fingerprint density at radius 3 is 2.27 bits per heavy atom. The van der Waals surface area contributed by atoms with Crippen LogP contribution < -0.4 is 0 Å². The van der Waals surface area contributed by atoms with Gasteiger partial charge in [0.15, 0.2) is 12.6 Å². The summed E-state index contributed by atoms with van der Waals surface area (Å²) in [5, 5.41) is 1.72. The van der Waals surface area contributed by atoms with Crippen LogP contribution in [0.15, 0.2) is 24.6 Å². The van der Waals surface area contributed by atoms with Gasteiger partial charge in [-0.25, -0.2) is 0 Å². The van der Waals surface area contributed by atoms with E-state index in [2.05, 4.69) is 13.2 Å². The van der Waals surface area contributed by atoms with Crippen LogP contribution in [0.1, 0.15) is 20.0 Å². The molecule has 0 unspecified atom stereocenters. The van der Waals surface area contributed by atoms with E-state index >= 15 is 0 Å². The van der Waals surface area contributed by atoms with Crippen molar-refractivity contribution >= 4 is 23.9 Å². The second-order valence-electron chi connectivity index (χ2n) is 1.48. The highest BCUT2D eigenvalue weighted by Gasteiger charge is 1.98. The lowest BCUT2D eigenvalue weighted by molar-refractivity contribution is 0.109. The number of thiophene rings is 1. The highest BCUT2D eigenvalue weighted by Crippen LogP contribution is 2.10. The second-order valence-corrected chi connectivity index (χ2v) is 2.42. The quantitative estimate of drug-likeness (QED) is 0.501. The van der Waals surface area contributed by atoms with Gasteiger partial charge in [-0.2, -0.15) is 0 Å². The van der Waals surface area contributed by atoms with Gasteiger partial charge in [0.2, 0.25) is 0 Å². The van der Waals surface area contributed by atoms with E-state index in [-0.39, 0.29) is 0 Å². The minimum atomic E-state index is 0.481. The third kappa shape index (κ3) is 2.47. The Hall–Kier alpha value is -1.22. The fraction of sp³-hybridized carbons (Fsp3) is 0. The lowest BCUT2D eigenvalue weighted by atomic mass is 10.3.